The van der Waals surface area contributed by atoms with E-state index in [-0.39, 0.29) is 0 Å². The molecule has 2 aromatic carbocycles. The van der Waals surface area contributed by atoms with Gasteiger partial charge in [0.1, 0.15) is 5.75 Å². The first kappa shape index (κ1) is 15.9. The molecule has 1 atom stereocenters. The molecule has 0 bridgehead atoms. The Morgan fingerprint density at radius 1 is 1.10 bits per heavy atom. The third-order valence-corrected chi connectivity index (χ3v) is 4.19. The molecule has 0 aliphatic carbocycles. The summed E-state index contributed by atoms with van der Waals surface area (Å²) in [6.07, 6.45) is 0. The predicted molar refractivity (Wildman–Crippen MR) is 91.2 cm³/mol. The van der Waals surface area contributed by atoms with Crippen molar-refractivity contribution < 1.29 is 4.74 Å². The van der Waals surface area contributed by atoms with Crippen molar-refractivity contribution in [3.63, 3.8) is 0 Å². The Kier molecular flexibility index (Phi) is 6.64. The fourth-order valence-electron chi connectivity index (χ4n) is 2.13. The van der Waals surface area contributed by atoms with Gasteiger partial charge >= 0.3 is 0 Å². The second-order valence-corrected chi connectivity index (χ2v) is 6.03. The van der Waals surface area contributed by atoms with Crippen LogP contribution in [0.15, 0.2) is 59.5 Å². The zero-order chi connectivity index (χ0) is 14.9. The van der Waals surface area contributed by atoms with Crippen molar-refractivity contribution >= 4 is 11.8 Å². The van der Waals surface area contributed by atoms with Gasteiger partial charge in [-0.3, -0.25) is 0 Å². The summed E-state index contributed by atoms with van der Waals surface area (Å²) in [5.74, 6) is 1.89. The van der Waals surface area contributed by atoms with Gasteiger partial charge in [0.2, 0.25) is 0 Å². The molecule has 1 unspecified atom stereocenters. The number of hydrogen-bond acceptors (Lipinski definition) is 3. The highest BCUT2D eigenvalue weighted by Gasteiger charge is 2.04. The van der Waals surface area contributed by atoms with Crippen LogP contribution in [0.5, 0.6) is 5.75 Å². The maximum atomic E-state index is 5.71. The minimum Gasteiger partial charge on any atom is -0.493 e. The normalized spacial score (nSPS) is 12.1. The van der Waals surface area contributed by atoms with Crippen LogP contribution in [-0.2, 0) is 0 Å². The van der Waals surface area contributed by atoms with Crippen molar-refractivity contribution in [2.24, 2.45) is 0 Å². The maximum absolute atomic E-state index is 5.71. The quantitative estimate of drug-likeness (QED) is 0.572. The zero-order valence-electron chi connectivity index (χ0n) is 12.7. The first-order valence-electron chi connectivity index (χ1n) is 7.43. The van der Waals surface area contributed by atoms with Crippen LogP contribution in [0.4, 0.5) is 0 Å². The number of hydrogen-bond donors (Lipinski definition) is 1. The molecule has 0 saturated carbocycles. The SMILES string of the molecule is CCNC(C)c1cccc(SCCOc2ccccc2)c1. The first-order valence-corrected chi connectivity index (χ1v) is 8.42. The molecule has 0 saturated heterocycles. The molecule has 21 heavy (non-hydrogen) atoms. The molecule has 0 heterocycles. The molecule has 1 N–H and O–H groups in total. The number of ether oxygens (including phenoxy) is 1. The second-order valence-electron chi connectivity index (χ2n) is 4.86. The van der Waals surface area contributed by atoms with Gasteiger partial charge in [0, 0.05) is 16.7 Å². The minimum absolute atomic E-state index is 0.399. The summed E-state index contributed by atoms with van der Waals surface area (Å²) in [4.78, 5) is 1.30. The monoisotopic (exact) mass is 301 g/mol. The molecule has 0 aliphatic rings. The van der Waals surface area contributed by atoms with Crippen molar-refractivity contribution in [2.75, 3.05) is 18.9 Å². The van der Waals surface area contributed by atoms with Crippen LogP contribution in [0.1, 0.15) is 25.5 Å². The van der Waals surface area contributed by atoms with Gasteiger partial charge in [-0.1, -0.05) is 37.3 Å². The van der Waals surface area contributed by atoms with Gasteiger partial charge in [-0.15, -0.1) is 11.8 Å². The molecule has 0 spiro atoms. The van der Waals surface area contributed by atoms with Crippen molar-refractivity contribution in [1.29, 1.82) is 0 Å². The summed E-state index contributed by atoms with van der Waals surface area (Å²) in [5, 5.41) is 3.44. The van der Waals surface area contributed by atoms with E-state index in [1.807, 2.05) is 42.1 Å². The van der Waals surface area contributed by atoms with E-state index in [1.54, 1.807) is 0 Å². The highest BCUT2D eigenvalue weighted by molar-refractivity contribution is 7.99. The van der Waals surface area contributed by atoms with E-state index >= 15 is 0 Å². The van der Waals surface area contributed by atoms with E-state index in [1.165, 1.54) is 10.5 Å². The fourth-order valence-corrected chi connectivity index (χ4v) is 2.93. The van der Waals surface area contributed by atoms with E-state index in [0.29, 0.717) is 6.04 Å². The molecule has 0 amide bonds. The third kappa shape index (κ3) is 5.44. The van der Waals surface area contributed by atoms with Gasteiger partial charge in [0.25, 0.3) is 0 Å². The lowest BCUT2D eigenvalue weighted by molar-refractivity contribution is 0.344. The molecule has 0 aliphatic heterocycles. The summed E-state index contributed by atoms with van der Waals surface area (Å²) in [6.45, 7) is 6.05. The summed E-state index contributed by atoms with van der Waals surface area (Å²) >= 11 is 1.84. The third-order valence-electron chi connectivity index (χ3n) is 3.23. The van der Waals surface area contributed by atoms with Crippen LogP contribution in [-0.4, -0.2) is 18.9 Å². The Labute approximate surface area is 131 Å². The number of nitrogens with one attached hydrogen (secondary N) is 1. The Balaban J connectivity index is 1.79. The van der Waals surface area contributed by atoms with E-state index < -0.39 is 0 Å². The van der Waals surface area contributed by atoms with Gasteiger partial charge in [-0.25, -0.2) is 0 Å². The highest BCUT2D eigenvalue weighted by atomic mass is 32.2. The summed E-state index contributed by atoms with van der Waals surface area (Å²) in [6, 6.07) is 19.1. The van der Waals surface area contributed by atoms with Crippen molar-refractivity contribution in [3.8, 4) is 5.75 Å². The van der Waals surface area contributed by atoms with E-state index in [9.17, 15) is 0 Å². The number of para-hydroxylation sites is 1. The Morgan fingerprint density at radius 3 is 2.67 bits per heavy atom. The van der Waals surface area contributed by atoms with E-state index in [0.717, 1.165) is 24.7 Å². The maximum Gasteiger partial charge on any atom is 0.119 e. The van der Waals surface area contributed by atoms with Crippen LogP contribution in [0.3, 0.4) is 0 Å². The fraction of sp³-hybridized carbons (Fsp3) is 0.333. The highest BCUT2D eigenvalue weighted by Crippen LogP contribution is 2.22. The number of rotatable bonds is 8. The Bertz CT molecular complexity index is 530. The van der Waals surface area contributed by atoms with Gasteiger partial charge in [-0.2, -0.15) is 0 Å². The van der Waals surface area contributed by atoms with Crippen LogP contribution in [0.2, 0.25) is 0 Å². The standard InChI is InChI=1S/C18H23NOS/c1-3-19-15(2)16-8-7-11-18(14-16)21-13-12-20-17-9-5-4-6-10-17/h4-11,14-15,19H,3,12-13H2,1-2H3. The lowest BCUT2D eigenvalue weighted by Gasteiger charge is -2.13. The van der Waals surface area contributed by atoms with Gasteiger partial charge in [0.05, 0.1) is 6.61 Å². The molecule has 2 nitrogen and oxygen atoms in total. The molecule has 2 aromatic rings. The average Bonchev–Trinajstić information content (AvgIpc) is 2.53. The molecular weight excluding hydrogens is 278 g/mol. The second kappa shape index (κ2) is 8.75. The number of thioether (sulfide) groups is 1. The van der Waals surface area contributed by atoms with E-state index in [4.69, 9.17) is 4.74 Å². The van der Waals surface area contributed by atoms with Crippen molar-refractivity contribution in [1.82, 2.24) is 5.32 Å². The molecule has 3 heteroatoms. The topological polar surface area (TPSA) is 21.3 Å². The van der Waals surface area contributed by atoms with Crippen LogP contribution >= 0.6 is 11.8 Å². The van der Waals surface area contributed by atoms with Gasteiger partial charge in [0.15, 0.2) is 0 Å². The van der Waals surface area contributed by atoms with Crippen molar-refractivity contribution in [3.05, 3.63) is 60.2 Å². The molecule has 2 rings (SSSR count). The lowest BCUT2D eigenvalue weighted by atomic mass is 10.1. The number of benzene rings is 2. The molecule has 112 valence electrons. The van der Waals surface area contributed by atoms with Gasteiger partial charge < -0.3 is 10.1 Å². The Morgan fingerprint density at radius 2 is 1.90 bits per heavy atom. The van der Waals surface area contributed by atoms with Crippen LogP contribution in [0.25, 0.3) is 0 Å². The average molecular weight is 301 g/mol. The molecule has 0 aromatic heterocycles. The largest absolute Gasteiger partial charge is 0.493 e. The van der Waals surface area contributed by atoms with Crippen LogP contribution < -0.4 is 10.1 Å². The molecule has 0 radical (unpaired) electrons. The molecule has 0 fully saturated rings. The predicted octanol–water partition coefficient (Wildman–Crippen LogP) is 4.53. The van der Waals surface area contributed by atoms with Gasteiger partial charge in [-0.05, 0) is 43.3 Å². The van der Waals surface area contributed by atoms with Crippen molar-refractivity contribution in [2.45, 2.75) is 24.8 Å². The van der Waals surface area contributed by atoms with Crippen LogP contribution in [0, 0.1) is 0 Å². The summed E-state index contributed by atoms with van der Waals surface area (Å²) in [5.41, 5.74) is 1.34. The molecular formula is C18H23NOS. The van der Waals surface area contributed by atoms with E-state index in [2.05, 4.69) is 43.4 Å². The Hall–Kier alpha value is -1.45. The summed E-state index contributed by atoms with van der Waals surface area (Å²) < 4.78 is 5.71. The smallest absolute Gasteiger partial charge is 0.119 e. The minimum atomic E-state index is 0.399. The first-order chi connectivity index (χ1) is 10.3. The zero-order valence-corrected chi connectivity index (χ0v) is 13.5. The lowest BCUT2D eigenvalue weighted by Crippen LogP contribution is -2.17. The summed E-state index contributed by atoms with van der Waals surface area (Å²) in [7, 11) is 0.